The number of halogens is 1. The summed E-state index contributed by atoms with van der Waals surface area (Å²) < 4.78 is 18.4. The van der Waals surface area contributed by atoms with E-state index in [0.29, 0.717) is 22.1 Å². The zero-order valence-corrected chi connectivity index (χ0v) is 16.6. The summed E-state index contributed by atoms with van der Waals surface area (Å²) >= 11 is 1.32. The van der Waals surface area contributed by atoms with Crippen LogP contribution in [0, 0.1) is 0 Å². The number of thiophene rings is 1. The van der Waals surface area contributed by atoms with Gasteiger partial charge in [-0.15, -0.1) is 11.3 Å². The van der Waals surface area contributed by atoms with E-state index in [1.807, 2.05) is 29.9 Å². The van der Waals surface area contributed by atoms with E-state index in [-0.39, 0.29) is 24.0 Å². The highest BCUT2D eigenvalue weighted by Crippen LogP contribution is 2.40. The second-order valence-electron chi connectivity index (χ2n) is 5.04. The second-order valence-corrected chi connectivity index (χ2v) is 6.06. The summed E-state index contributed by atoms with van der Waals surface area (Å²) in [5, 5.41) is 1.76. The van der Waals surface area contributed by atoms with E-state index in [1.165, 1.54) is 18.4 Å². The minimum Gasteiger partial charge on any atom is -1.00 e. The van der Waals surface area contributed by atoms with Gasteiger partial charge in [0.25, 0.3) is 0 Å². The lowest BCUT2D eigenvalue weighted by molar-refractivity contribution is -0.643. The van der Waals surface area contributed by atoms with Gasteiger partial charge in [-0.25, -0.2) is 9.36 Å². The number of nitrogen functional groups attached to an aromatic ring is 1. The number of carbonyl (C=O) groups is 1. The smallest absolute Gasteiger partial charge is 0.350 e. The van der Waals surface area contributed by atoms with Crippen molar-refractivity contribution in [3.8, 4) is 11.5 Å². The van der Waals surface area contributed by atoms with Gasteiger partial charge in [-0.1, -0.05) is 0 Å². The van der Waals surface area contributed by atoms with Crippen LogP contribution in [-0.4, -0.2) is 27.3 Å². The highest BCUT2D eigenvalue weighted by Gasteiger charge is 2.23. The number of rotatable bonds is 3. The molecule has 8 heteroatoms. The summed E-state index contributed by atoms with van der Waals surface area (Å²) in [7, 11) is 6.45. The van der Waals surface area contributed by atoms with Gasteiger partial charge < -0.3 is 43.9 Å². The average molecular weight is 460 g/mol. The zero-order valence-electron chi connectivity index (χ0n) is 13.7. The lowest BCUT2D eigenvalue weighted by atomic mass is 10.1. The first kappa shape index (κ1) is 18.5. The molecule has 0 fully saturated rings. The number of esters is 1. The highest BCUT2D eigenvalue weighted by atomic mass is 127. The lowest BCUT2D eigenvalue weighted by Gasteiger charge is -2.08. The molecule has 0 saturated heterocycles. The third-order valence-corrected chi connectivity index (χ3v) is 5.04. The average Bonchev–Trinajstić information content (AvgIpc) is 2.90. The molecule has 2 N–H and O–H groups in total. The Morgan fingerprint density at radius 2 is 1.75 bits per heavy atom. The number of hydrogen-bond donors (Lipinski definition) is 1. The number of hydrogen-bond acceptors (Lipinski definition) is 6. The Morgan fingerprint density at radius 3 is 2.33 bits per heavy atom. The molecule has 0 aliphatic carbocycles. The van der Waals surface area contributed by atoms with Crippen molar-refractivity contribution >= 4 is 44.0 Å². The normalized spacial score (nSPS) is 10.5. The van der Waals surface area contributed by atoms with Crippen molar-refractivity contribution in [2.75, 3.05) is 27.1 Å². The van der Waals surface area contributed by atoms with E-state index in [4.69, 9.17) is 19.9 Å². The quantitative estimate of drug-likeness (QED) is 0.317. The maximum absolute atomic E-state index is 11.9. The monoisotopic (exact) mass is 460 g/mol. The standard InChI is InChI=1S/C16H16N2O4S.HI/c1-18-7-9-13(17)15(16(19)22-4)23-14(9)8-5-11(20-2)12(21-3)6-10(8)18;/h5-7H,1-4H3,(H-,17,19);1H. The maximum Gasteiger partial charge on any atom is 0.350 e. The fourth-order valence-corrected chi connectivity index (χ4v) is 3.77. The van der Waals surface area contributed by atoms with Gasteiger partial charge in [0, 0.05) is 0 Å². The number of fused-ring (bicyclic) bond motifs is 3. The Kier molecular flexibility index (Phi) is 5.38. The number of anilines is 1. The topological polar surface area (TPSA) is 74.7 Å². The summed E-state index contributed by atoms with van der Waals surface area (Å²) in [6, 6.07) is 3.80. The molecule has 3 aromatic rings. The van der Waals surface area contributed by atoms with Gasteiger partial charge in [0.15, 0.2) is 17.7 Å². The Bertz CT molecular complexity index is 939. The van der Waals surface area contributed by atoms with Gasteiger partial charge in [0.1, 0.15) is 11.9 Å². The van der Waals surface area contributed by atoms with Crippen molar-refractivity contribution in [1.29, 1.82) is 0 Å². The van der Waals surface area contributed by atoms with Crippen LogP contribution in [0.15, 0.2) is 18.3 Å². The molecular weight excluding hydrogens is 443 g/mol. The molecule has 0 saturated carbocycles. The molecule has 0 radical (unpaired) electrons. The van der Waals surface area contributed by atoms with Crippen LogP contribution in [0.2, 0.25) is 0 Å². The number of pyridine rings is 1. The van der Waals surface area contributed by atoms with Gasteiger partial charge in [0.05, 0.1) is 48.6 Å². The Labute approximate surface area is 160 Å². The van der Waals surface area contributed by atoms with Gasteiger partial charge >= 0.3 is 5.97 Å². The van der Waals surface area contributed by atoms with Crippen molar-refractivity contribution in [2.45, 2.75) is 0 Å². The van der Waals surface area contributed by atoms with Gasteiger partial charge in [-0.3, -0.25) is 0 Å². The molecule has 0 bridgehead atoms. The molecule has 2 heterocycles. The molecule has 0 aliphatic heterocycles. The van der Waals surface area contributed by atoms with E-state index in [0.717, 1.165) is 21.0 Å². The summed E-state index contributed by atoms with van der Waals surface area (Å²) in [6.45, 7) is 0. The molecule has 6 nitrogen and oxygen atoms in total. The van der Waals surface area contributed by atoms with E-state index in [2.05, 4.69) is 0 Å². The Morgan fingerprint density at radius 1 is 1.12 bits per heavy atom. The number of ether oxygens (including phenoxy) is 3. The van der Waals surface area contributed by atoms with E-state index in [1.54, 1.807) is 14.2 Å². The summed E-state index contributed by atoms with van der Waals surface area (Å²) in [6.07, 6.45) is 1.90. The van der Waals surface area contributed by atoms with E-state index >= 15 is 0 Å². The van der Waals surface area contributed by atoms with Crippen LogP contribution in [0.4, 0.5) is 5.69 Å². The Hall–Kier alpha value is -1.81. The number of aryl methyl sites for hydroxylation is 1. The summed E-state index contributed by atoms with van der Waals surface area (Å²) in [5.41, 5.74) is 7.53. The first-order chi connectivity index (χ1) is 11.0. The first-order valence-corrected chi connectivity index (χ1v) is 7.68. The van der Waals surface area contributed by atoms with E-state index < -0.39 is 5.97 Å². The van der Waals surface area contributed by atoms with Gasteiger partial charge in [-0.05, 0) is 6.07 Å². The van der Waals surface area contributed by atoms with Crippen LogP contribution in [0.3, 0.4) is 0 Å². The SMILES string of the molecule is COC(=O)c1sc2c(c[n+](C)c3cc(OC)c(OC)cc23)c1N.[I-]. The molecule has 0 atom stereocenters. The number of methoxy groups -OCH3 is 3. The van der Waals surface area contributed by atoms with Crippen LogP contribution < -0.4 is 43.8 Å². The summed E-state index contributed by atoms with van der Waals surface area (Å²) in [4.78, 5) is 12.3. The fourth-order valence-electron chi connectivity index (χ4n) is 2.63. The molecular formula is C16H17IN2O4S. The van der Waals surface area contributed by atoms with Crippen LogP contribution in [0.5, 0.6) is 11.5 Å². The lowest BCUT2D eigenvalue weighted by Crippen LogP contribution is -3.00. The second kappa shape index (κ2) is 6.98. The molecule has 24 heavy (non-hydrogen) atoms. The van der Waals surface area contributed by atoms with Crippen LogP contribution in [-0.2, 0) is 11.8 Å². The number of aromatic nitrogens is 1. The van der Waals surface area contributed by atoms with Gasteiger partial charge in [0.2, 0.25) is 5.52 Å². The molecule has 0 amide bonds. The van der Waals surface area contributed by atoms with Crippen LogP contribution >= 0.6 is 11.3 Å². The van der Waals surface area contributed by atoms with Gasteiger partial charge in [-0.2, -0.15) is 0 Å². The summed E-state index contributed by atoms with van der Waals surface area (Å²) in [5.74, 6) is 0.840. The third kappa shape index (κ3) is 2.73. The van der Waals surface area contributed by atoms with Crippen molar-refractivity contribution in [3.63, 3.8) is 0 Å². The van der Waals surface area contributed by atoms with Crippen LogP contribution in [0.1, 0.15) is 9.67 Å². The fraction of sp³-hybridized carbons (Fsp3) is 0.250. The largest absolute Gasteiger partial charge is 1.00 e. The van der Waals surface area contributed by atoms with Crippen molar-refractivity contribution in [1.82, 2.24) is 0 Å². The number of nitrogens with two attached hydrogens (primary N) is 1. The number of carbonyl (C=O) groups excluding carboxylic acids is 1. The third-order valence-electron chi connectivity index (χ3n) is 3.80. The zero-order chi connectivity index (χ0) is 16.7. The molecule has 0 unspecified atom stereocenters. The molecule has 0 spiro atoms. The number of benzene rings is 1. The van der Waals surface area contributed by atoms with Crippen molar-refractivity contribution in [2.24, 2.45) is 7.05 Å². The van der Waals surface area contributed by atoms with Crippen molar-refractivity contribution < 1.29 is 47.5 Å². The molecule has 1 aromatic carbocycles. The van der Waals surface area contributed by atoms with Crippen LogP contribution in [0.25, 0.3) is 21.0 Å². The molecule has 3 rings (SSSR count). The van der Waals surface area contributed by atoms with E-state index in [9.17, 15) is 4.79 Å². The van der Waals surface area contributed by atoms with Crippen molar-refractivity contribution in [3.05, 3.63) is 23.2 Å². The minimum absolute atomic E-state index is 0. The maximum atomic E-state index is 11.9. The predicted molar refractivity (Wildman–Crippen MR) is 89.4 cm³/mol. The predicted octanol–water partition coefficient (Wildman–Crippen LogP) is -0.731. The molecule has 2 aromatic heterocycles. The molecule has 128 valence electrons. The minimum atomic E-state index is -0.431. The highest BCUT2D eigenvalue weighted by molar-refractivity contribution is 7.22. The first-order valence-electron chi connectivity index (χ1n) is 6.86. The number of nitrogens with zero attached hydrogens (tertiary/aromatic N) is 1. The Balaban J connectivity index is 0.00000208. The molecule has 0 aliphatic rings.